The van der Waals surface area contributed by atoms with Crippen LogP contribution in [-0.2, 0) is 15.8 Å². The quantitative estimate of drug-likeness (QED) is 0.429. The summed E-state index contributed by atoms with van der Waals surface area (Å²) in [6, 6.07) is 1.89. The van der Waals surface area contributed by atoms with Gasteiger partial charge in [-0.1, -0.05) is 23.2 Å². The standard InChI is InChI=1S/C11H14Cl2NO5P/c1-6(14)11(15)19-10-5-9(13)8(12)4-7(10)2-3-20(16,17)18/h4-6H,2-3,14H2,1H3,(H2,16,17,18)/t6-/m0/s1. The predicted molar refractivity (Wildman–Crippen MR) is 76.4 cm³/mol. The van der Waals surface area contributed by atoms with Crippen LogP contribution in [-0.4, -0.2) is 28.0 Å². The van der Waals surface area contributed by atoms with Gasteiger partial charge in [-0.2, -0.15) is 0 Å². The topological polar surface area (TPSA) is 110 Å². The molecule has 0 radical (unpaired) electrons. The van der Waals surface area contributed by atoms with Gasteiger partial charge in [-0.3, -0.25) is 4.57 Å². The maximum atomic E-state index is 11.5. The number of carbonyl (C=O) groups excluding carboxylic acids is 1. The Bertz CT molecular complexity index is 558. The first-order valence-corrected chi connectivity index (χ1v) is 8.15. The maximum Gasteiger partial charge on any atom is 0.328 e. The van der Waals surface area contributed by atoms with Crippen molar-refractivity contribution in [1.82, 2.24) is 0 Å². The third kappa shape index (κ3) is 5.40. The molecule has 20 heavy (non-hydrogen) atoms. The first kappa shape index (κ1) is 17.4. The number of ether oxygens (including phenoxy) is 1. The normalized spacial score (nSPS) is 13.1. The number of halogens is 2. The van der Waals surface area contributed by atoms with Crippen molar-refractivity contribution in [3.63, 3.8) is 0 Å². The Morgan fingerprint density at radius 3 is 2.45 bits per heavy atom. The molecule has 6 nitrogen and oxygen atoms in total. The summed E-state index contributed by atoms with van der Waals surface area (Å²) < 4.78 is 16.0. The van der Waals surface area contributed by atoms with Gasteiger partial charge in [0.05, 0.1) is 16.2 Å². The van der Waals surface area contributed by atoms with Crippen LogP contribution >= 0.6 is 30.8 Å². The van der Waals surface area contributed by atoms with Crippen molar-refractivity contribution in [3.05, 3.63) is 27.7 Å². The lowest BCUT2D eigenvalue weighted by molar-refractivity contribution is -0.135. The largest absolute Gasteiger partial charge is 0.425 e. The predicted octanol–water partition coefficient (Wildman–Crippen LogP) is 1.97. The van der Waals surface area contributed by atoms with Crippen LogP contribution in [0.2, 0.25) is 10.0 Å². The molecule has 0 aliphatic heterocycles. The minimum atomic E-state index is -4.17. The van der Waals surface area contributed by atoms with Gasteiger partial charge in [0.2, 0.25) is 0 Å². The molecule has 0 aliphatic rings. The van der Waals surface area contributed by atoms with E-state index >= 15 is 0 Å². The van der Waals surface area contributed by atoms with Gasteiger partial charge in [0.1, 0.15) is 11.8 Å². The van der Waals surface area contributed by atoms with Crippen molar-refractivity contribution in [2.45, 2.75) is 19.4 Å². The van der Waals surface area contributed by atoms with Crippen LogP contribution in [0.25, 0.3) is 0 Å². The van der Waals surface area contributed by atoms with E-state index in [4.69, 9.17) is 43.5 Å². The Kier molecular flexibility index (Phi) is 6.01. The van der Waals surface area contributed by atoms with E-state index in [0.717, 1.165) is 0 Å². The maximum absolute atomic E-state index is 11.5. The molecule has 0 spiro atoms. The number of nitrogens with two attached hydrogens (primary N) is 1. The molecule has 1 rings (SSSR count). The molecule has 112 valence electrons. The lowest BCUT2D eigenvalue weighted by atomic mass is 10.1. The Morgan fingerprint density at radius 1 is 1.40 bits per heavy atom. The van der Waals surface area contributed by atoms with E-state index in [2.05, 4.69) is 0 Å². The molecule has 0 bridgehead atoms. The van der Waals surface area contributed by atoms with E-state index in [1.165, 1.54) is 19.1 Å². The first-order valence-electron chi connectivity index (χ1n) is 5.60. The number of carbonyl (C=O) groups is 1. The summed E-state index contributed by atoms with van der Waals surface area (Å²) in [7, 11) is -4.17. The number of hydrogen-bond acceptors (Lipinski definition) is 4. The highest BCUT2D eigenvalue weighted by Gasteiger charge is 2.19. The van der Waals surface area contributed by atoms with Crippen molar-refractivity contribution in [3.8, 4) is 5.75 Å². The van der Waals surface area contributed by atoms with Crippen molar-refractivity contribution < 1.29 is 23.9 Å². The van der Waals surface area contributed by atoms with E-state index in [-0.39, 0.29) is 22.2 Å². The van der Waals surface area contributed by atoms with Crippen LogP contribution in [0, 0.1) is 0 Å². The molecule has 0 amide bonds. The van der Waals surface area contributed by atoms with E-state index in [9.17, 15) is 9.36 Å². The number of rotatable bonds is 5. The highest BCUT2D eigenvalue weighted by atomic mass is 35.5. The van der Waals surface area contributed by atoms with E-state index in [1.54, 1.807) is 0 Å². The van der Waals surface area contributed by atoms with Gasteiger partial charge in [0.15, 0.2) is 0 Å². The van der Waals surface area contributed by atoms with Crippen molar-refractivity contribution in [2.24, 2.45) is 5.73 Å². The summed E-state index contributed by atoms with van der Waals surface area (Å²) in [6.45, 7) is 1.45. The highest BCUT2D eigenvalue weighted by Crippen LogP contribution is 2.38. The number of aryl methyl sites for hydroxylation is 1. The molecule has 0 aliphatic carbocycles. The molecule has 0 unspecified atom stereocenters. The summed E-state index contributed by atoms with van der Waals surface area (Å²) in [4.78, 5) is 29.3. The average Bonchev–Trinajstić information content (AvgIpc) is 2.30. The Balaban J connectivity index is 3.04. The third-order valence-electron chi connectivity index (χ3n) is 2.36. The number of benzene rings is 1. The van der Waals surface area contributed by atoms with Crippen LogP contribution in [0.1, 0.15) is 12.5 Å². The van der Waals surface area contributed by atoms with Gasteiger partial charge in [-0.25, -0.2) is 4.79 Å². The second-order valence-corrected chi connectivity index (χ2v) is 6.81. The van der Waals surface area contributed by atoms with Crippen LogP contribution in [0.15, 0.2) is 12.1 Å². The molecule has 0 heterocycles. The van der Waals surface area contributed by atoms with E-state index in [0.29, 0.717) is 5.56 Å². The average molecular weight is 342 g/mol. The van der Waals surface area contributed by atoms with Crippen LogP contribution < -0.4 is 10.5 Å². The van der Waals surface area contributed by atoms with Crippen LogP contribution in [0.5, 0.6) is 5.75 Å². The van der Waals surface area contributed by atoms with Crippen LogP contribution in [0.3, 0.4) is 0 Å². The molecule has 0 aromatic heterocycles. The SMILES string of the molecule is C[C@H](N)C(=O)Oc1cc(Cl)c(Cl)cc1CCP(=O)(O)O. The van der Waals surface area contributed by atoms with Gasteiger partial charge >= 0.3 is 13.6 Å². The molecule has 0 saturated heterocycles. The summed E-state index contributed by atoms with van der Waals surface area (Å²) >= 11 is 11.7. The Hall–Kier alpha value is -0.620. The molecule has 0 fully saturated rings. The molecule has 1 atom stereocenters. The number of esters is 1. The first-order chi connectivity index (χ1) is 9.10. The summed E-state index contributed by atoms with van der Waals surface area (Å²) in [6.07, 6.45) is -0.406. The van der Waals surface area contributed by atoms with Gasteiger partial charge in [0.25, 0.3) is 0 Å². The van der Waals surface area contributed by atoms with E-state index < -0.39 is 25.8 Å². The fourth-order valence-corrected chi connectivity index (χ4v) is 2.20. The molecule has 4 N–H and O–H groups in total. The number of hydrogen-bond donors (Lipinski definition) is 3. The lowest BCUT2D eigenvalue weighted by Gasteiger charge is -2.13. The van der Waals surface area contributed by atoms with Crippen molar-refractivity contribution in [2.75, 3.05) is 6.16 Å². The van der Waals surface area contributed by atoms with Crippen molar-refractivity contribution in [1.29, 1.82) is 0 Å². The second kappa shape index (κ2) is 6.89. The van der Waals surface area contributed by atoms with Crippen molar-refractivity contribution >= 4 is 36.8 Å². The molecule has 9 heteroatoms. The molecular weight excluding hydrogens is 328 g/mol. The molecule has 0 saturated carbocycles. The minimum Gasteiger partial charge on any atom is -0.425 e. The smallest absolute Gasteiger partial charge is 0.328 e. The minimum absolute atomic E-state index is 0.0112. The fraction of sp³-hybridized carbons (Fsp3) is 0.364. The van der Waals surface area contributed by atoms with Gasteiger partial charge in [-0.15, -0.1) is 0 Å². The highest BCUT2D eigenvalue weighted by molar-refractivity contribution is 7.51. The molecule has 1 aromatic rings. The zero-order valence-electron chi connectivity index (χ0n) is 10.5. The van der Waals surface area contributed by atoms with Gasteiger partial charge < -0.3 is 20.3 Å². The van der Waals surface area contributed by atoms with Gasteiger partial charge in [0, 0.05) is 6.07 Å². The zero-order valence-corrected chi connectivity index (χ0v) is 13.0. The summed E-state index contributed by atoms with van der Waals surface area (Å²) in [5.41, 5.74) is 5.76. The van der Waals surface area contributed by atoms with E-state index in [1.807, 2.05) is 0 Å². The molecule has 1 aromatic carbocycles. The second-order valence-electron chi connectivity index (χ2n) is 4.22. The van der Waals surface area contributed by atoms with Crippen LogP contribution in [0.4, 0.5) is 0 Å². The Morgan fingerprint density at radius 2 is 1.95 bits per heavy atom. The molecular formula is C11H14Cl2NO5P. The zero-order chi connectivity index (χ0) is 15.5. The third-order valence-corrected chi connectivity index (χ3v) is 3.89. The monoisotopic (exact) mass is 341 g/mol. The van der Waals surface area contributed by atoms with Gasteiger partial charge in [-0.05, 0) is 25.0 Å². The lowest BCUT2D eigenvalue weighted by Crippen LogP contribution is -2.31. The fourth-order valence-electron chi connectivity index (χ4n) is 1.33. The summed E-state index contributed by atoms with van der Waals surface area (Å²) in [5, 5.41) is 0.368. The summed E-state index contributed by atoms with van der Waals surface area (Å²) in [5.74, 6) is -0.587. The Labute approximate surface area is 126 Å².